The van der Waals surface area contributed by atoms with Crippen LogP contribution in [0, 0.1) is 5.92 Å². The number of aliphatic hydroxyl groups is 1. The maximum absolute atomic E-state index is 13.3. The number of hydrogen-bond donors (Lipinski definition) is 2. The zero-order chi connectivity index (χ0) is 29.1. The molecule has 1 aromatic carbocycles. The molecule has 1 aliphatic carbocycles. The van der Waals surface area contributed by atoms with Crippen LogP contribution >= 0.6 is 0 Å². The zero-order valence-electron chi connectivity index (χ0n) is 22.9. The number of nitrogens with zero attached hydrogens (tertiary/aromatic N) is 1. The third-order valence-electron chi connectivity index (χ3n) is 6.44. The number of amides is 1. The Morgan fingerprint density at radius 1 is 1.12 bits per heavy atom. The zero-order valence-corrected chi connectivity index (χ0v) is 22.9. The summed E-state index contributed by atoms with van der Waals surface area (Å²) in [4.78, 5) is 54.3. The molecule has 10 heteroatoms. The van der Waals surface area contributed by atoms with Crippen molar-refractivity contribution in [2.24, 2.45) is 5.92 Å². The van der Waals surface area contributed by atoms with Gasteiger partial charge in [-0.05, 0) is 66.1 Å². The Morgan fingerprint density at radius 2 is 1.90 bits per heavy atom. The summed E-state index contributed by atoms with van der Waals surface area (Å²) in [5.74, 6) is -1.00. The lowest BCUT2D eigenvalue weighted by Crippen LogP contribution is -2.28. The van der Waals surface area contributed by atoms with Gasteiger partial charge in [-0.2, -0.15) is 0 Å². The monoisotopic (exact) mass is 552 g/mol. The van der Waals surface area contributed by atoms with Crippen LogP contribution in [-0.4, -0.2) is 53.9 Å². The smallest absolute Gasteiger partial charge is 0.434 e. The minimum Gasteiger partial charge on any atom is -0.434 e. The number of pyridine rings is 1. The van der Waals surface area contributed by atoms with E-state index in [9.17, 15) is 24.3 Å². The van der Waals surface area contributed by atoms with Crippen molar-refractivity contribution >= 4 is 30.4 Å². The fourth-order valence-electron chi connectivity index (χ4n) is 4.03. The minimum absolute atomic E-state index is 0.0193. The summed E-state index contributed by atoms with van der Waals surface area (Å²) in [5, 5.41) is 12.6. The van der Waals surface area contributed by atoms with Gasteiger partial charge < -0.3 is 24.6 Å². The number of ether oxygens (including phenoxy) is 3. The molecule has 1 unspecified atom stereocenters. The van der Waals surface area contributed by atoms with Crippen LogP contribution in [0.1, 0.15) is 94.8 Å². The van der Waals surface area contributed by atoms with E-state index in [1.165, 1.54) is 31.2 Å². The van der Waals surface area contributed by atoms with Crippen LogP contribution in [0.25, 0.3) is 17.2 Å². The van der Waals surface area contributed by atoms with Gasteiger partial charge in [0.2, 0.25) is 6.29 Å². The second kappa shape index (κ2) is 14.9. The van der Waals surface area contributed by atoms with Crippen molar-refractivity contribution in [1.82, 2.24) is 10.3 Å². The molecule has 0 spiro atoms. The summed E-state index contributed by atoms with van der Waals surface area (Å²) in [5.41, 5.74) is 1.45. The predicted octanol–water partition coefficient (Wildman–Crippen LogP) is 5.07. The molecule has 1 aromatic heterocycles. The Morgan fingerprint density at radius 3 is 2.55 bits per heavy atom. The van der Waals surface area contributed by atoms with E-state index in [0.717, 1.165) is 32.1 Å². The number of aldehydes is 1. The van der Waals surface area contributed by atoms with E-state index in [1.807, 2.05) is 0 Å². The van der Waals surface area contributed by atoms with Crippen LogP contribution in [0.3, 0.4) is 0 Å². The number of unbranched alkanes of at least 4 members (excludes halogenated alkanes) is 3. The second-order valence-electron chi connectivity index (χ2n) is 9.61. The molecule has 1 fully saturated rings. The number of esters is 1. The van der Waals surface area contributed by atoms with Gasteiger partial charge in [0.1, 0.15) is 5.69 Å². The molecule has 1 atom stereocenters. The average Bonchev–Trinajstić information content (AvgIpc) is 3.79. The summed E-state index contributed by atoms with van der Waals surface area (Å²) in [6.07, 6.45) is 5.60. The highest BCUT2D eigenvalue weighted by Gasteiger charge is 2.26. The average molecular weight is 553 g/mol. The van der Waals surface area contributed by atoms with E-state index in [1.54, 1.807) is 6.07 Å². The minimum atomic E-state index is -1.32. The first-order valence-electron chi connectivity index (χ1n) is 13.5. The number of carbonyl (C=O) groups excluding carboxylic acids is 4. The van der Waals surface area contributed by atoms with Crippen molar-refractivity contribution in [2.75, 3.05) is 13.2 Å². The maximum atomic E-state index is 13.3. The Hall–Kier alpha value is -4.05. The molecule has 1 saturated carbocycles. The molecule has 3 rings (SSSR count). The molecule has 40 heavy (non-hydrogen) atoms. The molecule has 0 radical (unpaired) electrons. The summed E-state index contributed by atoms with van der Waals surface area (Å²) >= 11 is 0. The lowest BCUT2D eigenvalue weighted by atomic mass is 9.93. The molecule has 2 N–H and O–H groups in total. The fourth-order valence-corrected chi connectivity index (χ4v) is 4.03. The molecule has 0 bridgehead atoms. The third-order valence-corrected chi connectivity index (χ3v) is 6.44. The van der Waals surface area contributed by atoms with Gasteiger partial charge in [-0.25, -0.2) is 14.6 Å². The van der Waals surface area contributed by atoms with Crippen LogP contribution < -0.4 is 5.32 Å². The number of aliphatic hydroxyl groups excluding tert-OH is 1. The quantitative estimate of drug-likeness (QED) is 0.134. The first kappa shape index (κ1) is 30.5. The van der Waals surface area contributed by atoms with Crippen molar-refractivity contribution in [3.05, 3.63) is 58.9 Å². The van der Waals surface area contributed by atoms with Crippen LogP contribution in [0.2, 0.25) is 0 Å². The van der Waals surface area contributed by atoms with Gasteiger partial charge in [0.25, 0.3) is 5.91 Å². The number of nitrogens with one attached hydrogen (secondary N) is 1. The molecular weight excluding hydrogens is 516 g/mol. The number of hydrogen-bond acceptors (Lipinski definition) is 9. The first-order chi connectivity index (χ1) is 19.3. The van der Waals surface area contributed by atoms with Crippen LogP contribution in [0.5, 0.6) is 0 Å². The van der Waals surface area contributed by atoms with E-state index >= 15 is 0 Å². The summed E-state index contributed by atoms with van der Waals surface area (Å²) in [6.45, 7) is 7.48. The summed E-state index contributed by atoms with van der Waals surface area (Å²) in [6, 6.07) is 6.02. The number of rotatable bonds is 15. The SMILES string of the molecule is C=Cc1cc(C=O)c(-c2ccc(C(=O)NCC3CC3)nc2C(=O)OC(C)OC(=O)OCCCCCC)cc1CO. The van der Waals surface area contributed by atoms with Gasteiger partial charge in [-0.1, -0.05) is 38.8 Å². The Bertz CT molecular complexity index is 1240. The summed E-state index contributed by atoms with van der Waals surface area (Å²) < 4.78 is 15.4. The van der Waals surface area contributed by atoms with E-state index in [0.29, 0.717) is 41.9 Å². The highest BCUT2D eigenvalue weighted by Crippen LogP contribution is 2.31. The maximum Gasteiger partial charge on any atom is 0.511 e. The lowest BCUT2D eigenvalue weighted by Gasteiger charge is -2.17. The number of aromatic nitrogens is 1. The summed E-state index contributed by atoms with van der Waals surface area (Å²) in [7, 11) is 0. The molecule has 2 aromatic rings. The van der Waals surface area contributed by atoms with Gasteiger partial charge in [0.15, 0.2) is 12.0 Å². The van der Waals surface area contributed by atoms with Gasteiger partial charge in [0, 0.05) is 24.6 Å². The van der Waals surface area contributed by atoms with Crippen molar-refractivity contribution in [3.8, 4) is 11.1 Å². The van der Waals surface area contributed by atoms with Crippen LogP contribution in [0.4, 0.5) is 4.79 Å². The lowest BCUT2D eigenvalue weighted by molar-refractivity contribution is -0.0823. The van der Waals surface area contributed by atoms with Crippen molar-refractivity contribution in [1.29, 1.82) is 0 Å². The van der Waals surface area contributed by atoms with Gasteiger partial charge in [-0.3, -0.25) is 9.59 Å². The van der Waals surface area contributed by atoms with E-state index < -0.39 is 24.3 Å². The van der Waals surface area contributed by atoms with Crippen molar-refractivity contribution in [3.63, 3.8) is 0 Å². The number of carbonyl (C=O) groups is 4. The van der Waals surface area contributed by atoms with Crippen LogP contribution in [0.15, 0.2) is 30.8 Å². The topological polar surface area (TPSA) is 141 Å². The van der Waals surface area contributed by atoms with Gasteiger partial charge in [0.05, 0.1) is 13.2 Å². The Balaban J connectivity index is 1.87. The second-order valence-corrected chi connectivity index (χ2v) is 9.61. The molecule has 214 valence electrons. The third kappa shape index (κ3) is 8.47. The van der Waals surface area contributed by atoms with E-state index in [-0.39, 0.29) is 35.7 Å². The molecule has 0 saturated heterocycles. The van der Waals surface area contributed by atoms with Crippen molar-refractivity contribution < 1.29 is 38.5 Å². The van der Waals surface area contributed by atoms with Gasteiger partial charge in [-0.15, -0.1) is 0 Å². The molecule has 1 aliphatic rings. The molecular formula is C30H36N2O8. The Labute approximate surface area is 233 Å². The van der Waals surface area contributed by atoms with Crippen molar-refractivity contribution in [2.45, 2.75) is 65.3 Å². The molecule has 1 amide bonds. The molecule has 0 aliphatic heterocycles. The Kier molecular flexibility index (Phi) is 11.4. The highest BCUT2D eigenvalue weighted by molar-refractivity contribution is 6.01. The molecule has 1 heterocycles. The first-order valence-corrected chi connectivity index (χ1v) is 13.5. The van der Waals surface area contributed by atoms with Gasteiger partial charge >= 0.3 is 12.1 Å². The van der Waals surface area contributed by atoms with E-state index in [4.69, 9.17) is 14.2 Å². The van der Waals surface area contributed by atoms with Crippen LogP contribution in [-0.2, 0) is 20.8 Å². The predicted molar refractivity (Wildman–Crippen MR) is 148 cm³/mol. The number of benzene rings is 1. The standard InChI is InChI=1S/C30H36N2O8/c1-4-6-7-8-13-38-30(37)40-19(3)39-29(36)27-24(11-12-26(32-27)28(35)31-16-20-9-10-20)25-15-22(17-33)21(5-2)14-23(25)18-34/h5,11-12,14-15,18-20,33H,2,4,6-10,13,16-17H2,1,3H3,(H,31,35). The normalized spacial score (nSPS) is 13.2. The largest absolute Gasteiger partial charge is 0.511 e. The highest BCUT2D eigenvalue weighted by atomic mass is 16.8. The fraction of sp³-hybridized carbons (Fsp3) is 0.433. The molecule has 10 nitrogen and oxygen atoms in total. The van der Waals surface area contributed by atoms with E-state index in [2.05, 4.69) is 23.8 Å².